The second-order valence-corrected chi connectivity index (χ2v) is 7.33. The van der Waals surface area contributed by atoms with Crippen LogP contribution in [-0.2, 0) is 10.0 Å². The van der Waals surface area contributed by atoms with Gasteiger partial charge < -0.3 is 4.74 Å². The third-order valence-electron chi connectivity index (χ3n) is 3.42. The maximum absolute atomic E-state index is 12.9. The van der Waals surface area contributed by atoms with Gasteiger partial charge in [-0.3, -0.25) is 0 Å². The number of benzene rings is 1. The average Bonchev–Trinajstić information content (AvgIpc) is 2.88. The summed E-state index contributed by atoms with van der Waals surface area (Å²) in [7, 11) is -2.17. The molecule has 0 atom stereocenters. The number of hydrogen-bond donors (Lipinski definition) is 0. The first kappa shape index (κ1) is 15.1. The van der Waals surface area contributed by atoms with E-state index in [9.17, 15) is 8.42 Å². The standard InChI is InChI=1S/C15H13BrN2O3S/c1-10-9-18(22(19,20)11-6-4-3-5-7-11)14-13(10)12(21-2)8-17-15(14)16/h3-9H,1-2H3. The SMILES string of the molecule is COc1cnc(Br)c2c1c(C)cn2S(=O)(=O)c1ccccc1. The van der Waals surface area contributed by atoms with Crippen LogP contribution >= 0.6 is 15.9 Å². The Morgan fingerprint density at radius 2 is 1.91 bits per heavy atom. The lowest BCUT2D eigenvalue weighted by Crippen LogP contribution is -2.12. The first-order chi connectivity index (χ1) is 10.5. The Morgan fingerprint density at radius 1 is 1.23 bits per heavy atom. The van der Waals surface area contributed by atoms with Crippen LogP contribution in [0.2, 0.25) is 0 Å². The summed E-state index contributed by atoms with van der Waals surface area (Å²) in [4.78, 5) is 4.39. The van der Waals surface area contributed by atoms with Gasteiger partial charge in [-0.1, -0.05) is 18.2 Å². The van der Waals surface area contributed by atoms with Crippen LogP contribution in [-0.4, -0.2) is 24.5 Å². The molecule has 0 aliphatic heterocycles. The molecule has 2 aromatic heterocycles. The highest BCUT2D eigenvalue weighted by atomic mass is 79.9. The van der Waals surface area contributed by atoms with Gasteiger partial charge in [-0.15, -0.1) is 0 Å². The summed E-state index contributed by atoms with van der Waals surface area (Å²) in [5.41, 5.74) is 1.27. The van der Waals surface area contributed by atoms with Crippen LogP contribution in [0.4, 0.5) is 0 Å². The van der Waals surface area contributed by atoms with Crippen LogP contribution in [0.15, 0.2) is 52.2 Å². The molecule has 0 bridgehead atoms. The number of ether oxygens (including phenoxy) is 1. The van der Waals surface area contributed by atoms with Gasteiger partial charge in [-0.25, -0.2) is 17.4 Å². The minimum atomic E-state index is -3.70. The lowest BCUT2D eigenvalue weighted by atomic mass is 10.2. The Hall–Kier alpha value is -1.86. The van der Waals surface area contributed by atoms with Gasteiger partial charge in [0, 0.05) is 6.20 Å². The second kappa shape index (κ2) is 5.40. The fraction of sp³-hybridized carbons (Fsp3) is 0.133. The van der Waals surface area contributed by atoms with Crippen molar-refractivity contribution in [3.8, 4) is 5.75 Å². The Morgan fingerprint density at radius 3 is 2.55 bits per heavy atom. The van der Waals surface area contributed by atoms with E-state index in [0.717, 1.165) is 10.9 Å². The zero-order valence-corrected chi connectivity index (χ0v) is 14.3. The molecule has 0 saturated carbocycles. The highest BCUT2D eigenvalue weighted by Crippen LogP contribution is 2.35. The molecular formula is C15H13BrN2O3S. The molecule has 0 radical (unpaired) electrons. The highest BCUT2D eigenvalue weighted by molar-refractivity contribution is 9.10. The van der Waals surface area contributed by atoms with E-state index in [1.165, 1.54) is 11.1 Å². The topological polar surface area (TPSA) is 61.2 Å². The molecule has 0 saturated heterocycles. The number of hydrogen-bond acceptors (Lipinski definition) is 4. The molecule has 22 heavy (non-hydrogen) atoms. The zero-order valence-electron chi connectivity index (χ0n) is 11.9. The Kier molecular flexibility index (Phi) is 3.70. The van der Waals surface area contributed by atoms with Crippen molar-refractivity contribution in [3.63, 3.8) is 0 Å². The molecule has 1 aromatic carbocycles. The van der Waals surface area contributed by atoms with E-state index in [4.69, 9.17) is 4.74 Å². The Bertz CT molecular complexity index is 950. The number of rotatable bonds is 3. The summed E-state index contributed by atoms with van der Waals surface area (Å²) in [6, 6.07) is 8.30. The number of halogens is 1. The van der Waals surface area contributed by atoms with Crippen molar-refractivity contribution in [1.82, 2.24) is 8.96 Å². The Labute approximate surface area is 136 Å². The lowest BCUT2D eigenvalue weighted by molar-refractivity contribution is 0.418. The number of methoxy groups -OCH3 is 1. The van der Waals surface area contributed by atoms with Crippen LogP contribution in [0.5, 0.6) is 5.75 Å². The molecule has 0 N–H and O–H groups in total. The van der Waals surface area contributed by atoms with Crippen LogP contribution in [0, 0.1) is 6.92 Å². The van der Waals surface area contributed by atoms with E-state index in [-0.39, 0.29) is 4.90 Å². The minimum absolute atomic E-state index is 0.224. The van der Waals surface area contributed by atoms with Crippen LogP contribution < -0.4 is 4.74 Å². The number of fused-ring (bicyclic) bond motifs is 1. The van der Waals surface area contributed by atoms with E-state index >= 15 is 0 Å². The van der Waals surface area contributed by atoms with Gasteiger partial charge in [0.2, 0.25) is 0 Å². The molecule has 0 aliphatic carbocycles. The summed E-state index contributed by atoms with van der Waals surface area (Å²) in [5.74, 6) is 0.540. The molecule has 0 amide bonds. The van der Waals surface area contributed by atoms with Crippen molar-refractivity contribution < 1.29 is 13.2 Å². The van der Waals surface area contributed by atoms with Crippen LogP contribution in [0.3, 0.4) is 0 Å². The number of pyridine rings is 1. The maximum atomic E-state index is 12.9. The predicted molar refractivity (Wildman–Crippen MR) is 87.7 cm³/mol. The average molecular weight is 381 g/mol. The van der Waals surface area contributed by atoms with Crippen LogP contribution in [0.1, 0.15) is 5.56 Å². The molecule has 0 unspecified atom stereocenters. The van der Waals surface area contributed by atoms with Gasteiger partial charge in [0.1, 0.15) is 15.9 Å². The largest absolute Gasteiger partial charge is 0.494 e. The van der Waals surface area contributed by atoms with Gasteiger partial charge >= 0.3 is 0 Å². The van der Waals surface area contributed by atoms with E-state index < -0.39 is 10.0 Å². The zero-order chi connectivity index (χ0) is 15.9. The van der Waals surface area contributed by atoms with Gasteiger partial charge in [-0.05, 0) is 40.5 Å². The normalized spacial score (nSPS) is 11.8. The van der Waals surface area contributed by atoms with E-state index in [0.29, 0.717) is 15.9 Å². The van der Waals surface area contributed by atoms with Crippen molar-refractivity contribution in [2.24, 2.45) is 0 Å². The first-order valence-electron chi connectivity index (χ1n) is 6.47. The fourth-order valence-electron chi connectivity index (χ4n) is 2.40. The fourth-order valence-corrected chi connectivity index (χ4v) is 4.45. The third-order valence-corrected chi connectivity index (χ3v) is 5.67. The van der Waals surface area contributed by atoms with E-state index in [2.05, 4.69) is 20.9 Å². The minimum Gasteiger partial charge on any atom is -0.494 e. The van der Waals surface area contributed by atoms with E-state index in [1.54, 1.807) is 42.7 Å². The molecular weight excluding hydrogens is 368 g/mol. The summed E-state index contributed by atoms with van der Waals surface area (Å²) < 4.78 is 32.8. The molecule has 2 heterocycles. The smallest absolute Gasteiger partial charge is 0.268 e. The summed E-state index contributed by atoms with van der Waals surface area (Å²) in [6.45, 7) is 1.84. The molecule has 0 aliphatic rings. The lowest BCUT2D eigenvalue weighted by Gasteiger charge is -2.09. The first-order valence-corrected chi connectivity index (χ1v) is 8.71. The number of aromatic nitrogens is 2. The van der Waals surface area contributed by atoms with Crippen molar-refractivity contribution in [2.75, 3.05) is 7.11 Å². The molecule has 3 rings (SSSR count). The summed E-state index contributed by atoms with van der Waals surface area (Å²) in [5, 5.41) is 0.726. The summed E-state index contributed by atoms with van der Waals surface area (Å²) >= 11 is 3.34. The summed E-state index contributed by atoms with van der Waals surface area (Å²) in [6.07, 6.45) is 3.15. The van der Waals surface area contributed by atoms with Crippen molar-refractivity contribution in [1.29, 1.82) is 0 Å². The van der Waals surface area contributed by atoms with Gasteiger partial charge in [0.05, 0.1) is 23.6 Å². The second-order valence-electron chi connectivity index (χ2n) is 4.77. The van der Waals surface area contributed by atoms with Gasteiger partial charge in [-0.2, -0.15) is 0 Å². The highest BCUT2D eigenvalue weighted by Gasteiger charge is 2.23. The monoisotopic (exact) mass is 380 g/mol. The van der Waals surface area contributed by atoms with Gasteiger partial charge in [0.25, 0.3) is 10.0 Å². The van der Waals surface area contributed by atoms with Crippen molar-refractivity contribution in [2.45, 2.75) is 11.8 Å². The van der Waals surface area contributed by atoms with Crippen molar-refractivity contribution in [3.05, 3.63) is 52.9 Å². The van der Waals surface area contributed by atoms with E-state index in [1.807, 2.05) is 6.92 Å². The maximum Gasteiger partial charge on any atom is 0.268 e. The predicted octanol–water partition coefficient (Wildman–Crippen LogP) is 3.35. The molecule has 0 spiro atoms. The molecule has 5 nitrogen and oxygen atoms in total. The molecule has 114 valence electrons. The molecule has 3 aromatic rings. The number of aryl methyl sites for hydroxylation is 1. The number of nitrogens with zero attached hydrogens (tertiary/aromatic N) is 2. The van der Waals surface area contributed by atoms with Crippen molar-refractivity contribution >= 4 is 36.9 Å². The van der Waals surface area contributed by atoms with Gasteiger partial charge in [0.15, 0.2) is 0 Å². The molecule has 7 heteroatoms. The molecule has 0 fully saturated rings. The quantitative estimate of drug-likeness (QED) is 0.653. The Balaban J connectivity index is 2.38. The third kappa shape index (κ3) is 2.21. The van der Waals surface area contributed by atoms with Crippen LogP contribution in [0.25, 0.3) is 10.9 Å².